The Morgan fingerprint density at radius 2 is 2.17 bits per heavy atom. The van der Waals surface area contributed by atoms with E-state index in [0.29, 0.717) is 17.9 Å². The Bertz CT molecular complexity index is 152. The van der Waals surface area contributed by atoms with Crippen LogP contribution in [0.25, 0.3) is 0 Å². The highest BCUT2D eigenvalue weighted by molar-refractivity contribution is 5.53. The third-order valence-electron chi connectivity index (χ3n) is 3.10. The lowest BCUT2D eigenvalue weighted by molar-refractivity contribution is -0.113. The maximum absolute atomic E-state index is 10.7. The minimum Gasteiger partial charge on any atom is -0.373 e. The molecule has 0 aromatic carbocycles. The molecule has 0 amide bonds. The van der Waals surface area contributed by atoms with E-state index < -0.39 is 0 Å². The van der Waals surface area contributed by atoms with Crippen LogP contribution >= 0.6 is 0 Å². The summed E-state index contributed by atoms with van der Waals surface area (Å²) in [5, 5.41) is 0. The van der Waals surface area contributed by atoms with Crippen molar-refractivity contribution in [2.75, 3.05) is 6.61 Å². The van der Waals surface area contributed by atoms with Gasteiger partial charge in [0.15, 0.2) is 0 Å². The Balaban J connectivity index is 2.42. The van der Waals surface area contributed by atoms with Crippen molar-refractivity contribution in [1.82, 2.24) is 0 Å². The normalized spacial score (nSPS) is 29.1. The number of ether oxygens (including phenoxy) is 1. The van der Waals surface area contributed by atoms with E-state index in [0.717, 1.165) is 19.3 Å². The minimum atomic E-state index is 0.212. The highest BCUT2D eigenvalue weighted by atomic mass is 16.6. The molecular weight excluding hydrogens is 152 g/mol. The zero-order valence-electron chi connectivity index (χ0n) is 8.12. The van der Waals surface area contributed by atoms with Crippen LogP contribution in [0.15, 0.2) is 0 Å². The van der Waals surface area contributed by atoms with E-state index in [9.17, 15) is 4.79 Å². The van der Waals surface area contributed by atoms with Crippen LogP contribution in [0.3, 0.4) is 0 Å². The van der Waals surface area contributed by atoms with Crippen molar-refractivity contribution in [2.24, 2.45) is 17.8 Å². The van der Waals surface area contributed by atoms with E-state index in [2.05, 4.69) is 20.8 Å². The van der Waals surface area contributed by atoms with Crippen LogP contribution in [-0.4, -0.2) is 19.0 Å². The molecule has 4 atom stereocenters. The van der Waals surface area contributed by atoms with Gasteiger partial charge in [-0.1, -0.05) is 20.8 Å². The number of hydrogen-bond acceptors (Lipinski definition) is 2. The fraction of sp³-hybridized carbons (Fsp3) is 0.900. The van der Waals surface area contributed by atoms with Crippen LogP contribution in [0.4, 0.5) is 0 Å². The van der Waals surface area contributed by atoms with Crippen molar-refractivity contribution >= 4 is 6.29 Å². The standard InChI is InChI=1S/C10H18O2/c1-4-9(5-11)7(2)8(3)10-6-12-10/h5,7-10H,4,6H2,1-3H3. The number of aldehydes is 1. The molecule has 0 N–H and O–H groups in total. The molecule has 12 heavy (non-hydrogen) atoms. The first-order chi connectivity index (χ1) is 5.70. The average Bonchev–Trinajstić information content (AvgIpc) is 2.87. The summed E-state index contributed by atoms with van der Waals surface area (Å²) in [4.78, 5) is 10.7. The summed E-state index contributed by atoms with van der Waals surface area (Å²) in [5.41, 5.74) is 0. The van der Waals surface area contributed by atoms with E-state index >= 15 is 0 Å². The first kappa shape index (κ1) is 9.72. The van der Waals surface area contributed by atoms with Crippen LogP contribution in [-0.2, 0) is 9.53 Å². The summed E-state index contributed by atoms with van der Waals surface area (Å²) in [7, 11) is 0. The van der Waals surface area contributed by atoms with Crippen molar-refractivity contribution in [1.29, 1.82) is 0 Å². The summed E-state index contributed by atoms with van der Waals surface area (Å²) in [6.07, 6.45) is 2.46. The third kappa shape index (κ3) is 2.07. The predicted octanol–water partition coefficient (Wildman–Crippen LogP) is 1.88. The molecular formula is C10H18O2. The second-order valence-electron chi connectivity index (χ2n) is 3.80. The third-order valence-corrected chi connectivity index (χ3v) is 3.10. The fourth-order valence-electron chi connectivity index (χ4n) is 1.68. The van der Waals surface area contributed by atoms with Gasteiger partial charge in [-0.15, -0.1) is 0 Å². The average molecular weight is 170 g/mol. The van der Waals surface area contributed by atoms with Crippen LogP contribution < -0.4 is 0 Å². The Morgan fingerprint density at radius 1 is 1.58 bits per heavy atom. The second-order valence-corrected chi connectivity index (χ2v) is 3.80. The van der Waals surface area contributed by atoms with Crippen molar-refractivity contribution in [3.63, 3.8) is 0 Å². The maximum atomic E-state index is 10.7. The molecule has 0 radical (unpaired) electrons. The molecule has 2 nitrogen and oxygen atoms in total. The molecule has 0 aliphatic carbocycles. The molecule has 1 saturated heterocycles. The van der Waals surface area contributed by atoms with Crippen molar-refractivity contribution < 1.29 is 9.53 Å². The van der Waals surface area contributed by atoms with Gasteiger partial charge in [0.25, 0.3) is 0 Å². The fourth-order valence-corrected chi connectivity index (χ4v) is 1.68. The molecule has 1 fully saturated rings. The smallest absolute Gasteiger partial charge is 0.123 e. The van der Waals surface area contributed by atoms with E-state index in [-0.39, 0.29) is 5.92 Å². The molecule has 1 aliphatic heterocycles. The second kappa shape index (κ2) is 4.04. The van der Waals surface area contributed by atoms with Crippen molar-refractivity contribution in [3.05, 3.63) is 0 Å². The topological polar surface area (TPSA) is 29.6 Å². The summed E-state index contributed by atoms with van der Waals surface area (Å²) in [5.74, 6) is 1.20. The molecule has 0 spiro atoms. The van der Waals surface area contributed by atoms with E-state index in [1.54, 1.807) is 0 Å². The lowest BCUT2D eigenvalue weighted by Crippen LogP contribution is -2.23. The number of carbonyl (C=O) groups excluding carboxylic acids is 1. The zero-order chi connectivity index (χ0) is 9.14. The largest absolute Gasteiger partial charge is 0.373 e. The highest BCUT2D eigenvalue weighted by Crippen LogP contribution is 2.31. The monoisotopic (exact) mass is 170 g/mol. The lowest BCUT2D eigenvalue weighted by atomic mass is 9.82. The van der Waals surface area contributed by atoms with Crippen molar-refractivity contribution in [2.45, 2.75) is 33.3 Å². The molecule has 0 bridgehead atoms. The molecule has 4 unspecified atom stereocenters. The van der Waals surface area contributed by atoms with Crippen LogP contribution in [0.5, 0.6) is 0 Å². The zero-order valence-corrected chi connectivity index (χ0v) is 8.12. The Labute approximate surface area is 74.3 Å². The Morgan fingerprint density at radius 3 is 2.50 bits per heavy atom. The number of hydrogen-bond donors (Lipinski definition) is 0. The summed E-state index contributed by atoms with van der Waals surface area (Å²) in [6, 6.07) is 0. The van der Waals surface area contributed by atoms with Crippen LogP contribution in [0.1, 0.15) is 27.2 Å². The molecule has 1 aliphatic rings. The van der Waals surface area contributed by atoms with Gasteiger partial charge in [-0.3, -0.25) is 0 Å². The Kier molecular flexibility index (Phi) is 3.27. The van der Waals surface area contributed by atoms with Gasteiger partial charge in [0.2, 0.25) is 0 Å². The SMILES string of the molecule is CCC(C=O)C(C)C(C)C1CO1. The van der Waals surface area contributed by atoms with Gasteiger partial charge >= 0.3 is 0 Å². The maximum Gasteiger partial charge on any atom is 0.123 e. The molecule has 0 saturated carbocycles. The quantitative estimate of drug-likeness (QED) is 0.466. The van der Waals surface area contributed by atoms with E-state index in [1.165, 1.54) is 0 Å². The number of epoxide rings is 1. The number of carbonyl (C=O) groups is 1. The molecule has 70 valence electrons. The van der Waals surface area contributed by atoms with Crippen LogP contribution in [0, 0.1) is 17.8 Å². The molecule has 0 aromatic rings. The summed E-state index contributed by atoms with van der Waals surface area (Å²) < 4.78 is 5.21. The first-order valence-corrected chi connectivity index (χ1v) is 4.77. The van der Waals surface area contributed by atoms with Gasteiger partial charge in [-0.05, 0) is 18.3 Å². The van der Waals surface area contributed by atoms with E-state index in [1.807, 2.05) is 0 Å². The highest BCUT2D eigenvalue weighted by Gasteiger charge is 2.35. The van der Waals surface area contributed by atoms with Gasteiger partial charge in [0, 0.05) is 5.92 Å². The van der Waals surface area contributed by atoms with Gasteiger partial charge < -0.3 is 9.53 Å². The first-order valence-electron chi connectivity index (χ1n) is 4.77. The molecule has 1 rings (SSSR count). The van der Waals surface area contributed by atoms with Gasteiger partial charge in [-0.25, -0.2) is 0 Å². The summed E-state index contributed by atoms with van der Waals surface area (Å²) >= 11 is 0. The Hall–Kier alpha value is -0.370. The van der Waals surface area contributed by atoms with Crippen molar-refractivity contribution in [3.8, 4) is 0 Å². The lowest BCUT2D eigenvalue weighted by Gasteiger charge is -2.22. The predicted molar refractivity (Wildman–Crippen MR) is 47.9 cm³/mol. The van der Waals surface area contributed by atoms with Gasteiger partial charge in [0.05, 0.1) is 12.7 Å². The molecule has 2 heteroatoms. The van der Waals surface area contributed by atoms with Crippen LogP contribution in [0.2, 0.25) is 0 Å². The molecule has 1 heterocycles. The number of rotatable bonds is 5. The van der Waals surface area contributed by atoms with Gasteiger partial charge in [0.1, 0.15) is 6.29 Å². The minimum absolute atomic E-state index is 0.212. The summed E-state index contributed by atoms with van der Waals surface area (Å²) in [6.45, 7) is 7.28. The van der Waals surface area contributed by atoms with Gasteiger partial charge in [-0.2, -0.15) is 0 Å². The molecule has 0 aromatic heterocycles. The van der Waals surface area contributed by atoms with E-state index in [4.69, 9.17) is 4.74 Å².